The second kappa shape index (κ2) is 6.42. The van der Waals surface area contributed by atoms with E-state index in [0.29, 0.717) is 11.1 Å². The van der Waals surface area contributed by atoms with Crippen molar-refractivity contribution in [2.45, 2.75) is 0 Å². The fourth-order valence-corrected chi connectivity index (χ4v) is 1.38. The Kier molecular flexibility index (Phi) is 5.49. The van der Waals surface area contributed by atoms with Gasteiger partial charge in [-0.2, -0.15) is 0 Å². The van der Waals surface area contributed by atoms with Crippen molar-refractivity contribution < 1.29 is 67.1 Å². The predicted octanol–water partition coefficient (Wildman–Crippen LogP) is -0.121. The van der Waals surface area contributed by atoms with Crippen molar-refractivity contribution in [1.82, 2.24) is 0 Å². The third-order valence-electron chi connectivity index (χ3n) is 2.24. The summed E-state index contributed by atoms with van der Waals surface area (Å²) in [4.78, 5) is 11.9. The maximum Gasteiger partial charge on any atom is 1.00 e. The molecule has 82 valence electrons. The maximum atomic E-state index is 12.7. The minimum absolute atomic E-state index is 0. The molecule has 2 rings (SSSR count). The van der Waals surface area contributed by atoms with Crippen LogP contribution in [0.25, 0.3) is 0 Å². The van der Waals surface area contributed by atoms with Crippen molar-refractivity contribution in [3.63, 3.8) is 0 Å². The van der Waals surface area contributed by atoms with Crippen LogP contribution in [0.15, 0.2) is 48.5 Å². The molecule has 0 aliphatic heterocycles. The van der Waals surface area contributed by atoms with Crippen LogP contribution in [0.5, 0.6) is 5.75 Å². The Morgan fingerprint density at radius 3 is 1.82 bits per heavy atom. The van der Waals surface area contributed by atoms with Gasteiger partial charge in [-0.1, -0.05) is 0 Å². The average Bonchev–Trinajstić information content (AvgIpc) is 2.30. The Balaban J connectivity index is 0.00000144. The Bertz CT molecular complexity index is 464. The third kappa shape index (κ3) is 3.72. The molecule has 4 heteroatoms. The summed E-state index contributed by atoms with van der Waals surface area (Å²) in [5.74, 6) is -0.460. The summed E-state index contributed by atoms with van der Waals surface area (Å²) in [6.45, 7) is 0. The topological polar surface area (TPSA) is 37.3 Å². The van der Waals surface area contributed by atoms with Crippen LogP contribution in [0.4, 0.5) is 4.39 Å². The minimum atomic E-state index is -0.373. The zero-order valence-electron chi connectivity index (χ0n) is 10.4. The number of phenolic OH excluding ortho intramolecular Hbond substituents is 1. The van der Waals surface area contributed by atoms with E-state index >= 15 is 0 Å². The minimum Gasteiger partial charge on any atom is -1.00 e. The number of rotatable bonds is 2. The normalized spacial score (nSPS) is 9.47. The molecular weight excluding hydrogens is 246 g/mol. The summed E-state index contributed by atoms with van der Waals surface area (Å²) in [7, 11) is 0. The Labute approximate surface area is 142 Å². The van der Waals surface area contributed by atoms with Crippen molar-refractivity contribution in [3.8, 4) is 5.75 Å². The zero-order chi connectivity index (χ0) is 11.5. The number of hydrogen-bond donors (Lipinski definition) is 1. The summed E-state index contributed by atoms with van der Waals surface area (Å²) in [5.41, 5.74) is 0.886. The first kappa shape index (κ1) is 14.5. The van der Waals surface area contributed by atoms with Gasteiger partial charge in [0.15, 0.2) is 5.78 Å². The van der Waals surface area contributed by atoms with Crippen LogP contribution in [0.2, 0.25) is 0 Å². The summed E-state index contributed by atoms with van der Waals surface area (Å²) in [6.07, 6.45) is 0. The van der Waals surface area contributed by atoms with E-state index in [1.54, 1.807) is 0 Å². The van der Waals surface area contributed by atoms with Gasteiger partial charge in [-0.15, -0.1) is 0 Å². The molecule has 2 aromatic carbocycles. The number of halogens is 1. The molecule has 2 aromatic rings. The number of carbonyl (C=O) groups is 1. The largest absolute Gasteiger partial charge is 1.00 e. The van der Waals surface area contributed by atoms with E-state index in [4.69, 9.17) is 5.11 Å². The van der Waals surface area contributed by atoms with E-state index in [9.17, 15) is 9.18 Å². The van der Waals surface area contributed by atoms with Crippen LogP contribution in [0, 0.1) is 5.82 Å². The molecule has 0 atom stereocenters. The fraction of sp³-hybridized carbons (Fsp3) is 0. The van der Waals surface area contributed by atoms with Crippen LogP contribution in [-0.2, 0) is 0 Å². The van der Waals surface area contributed by atoms with Crippen molar-refractivity contribution in [3.05, 3.63) is 65.5 Å². The molecule has 17 heavy (non-hydrogen) atoms. The Morgan fingerprint density at radius 1 is 0.941 bits per heavy atom. The molecule has 0 bridgehead atoms. The number of phenols is 1. The van der Waals surface area contributed by atoms with Gasteiger partial charge in [0.05, 0.1) is 0 Å². The molecular formula is C13H10FKO2. The molecule has 0 radical (unpaired) electrons. The molecule has 0 aliphatic rings. The van der Waals surface area contributed by atoms with E-state index in [-0.39, 0.29) is 70.2 Å². The first-order valence-electron chi connectivity index (χ1n) is 4.76. The molecule has 0 heterocycles. The molecule has 0 amide bonds. The fourth-order valence-electron chi connectivity index (χ4n) is 1.38. The molecule has 0 saturated heterocycles. The molecule has 0 fully saturated rings. The second-order valence-corrected chi connectivity index (χ2v) is 3.38. The van der Waals surface area contributed by atoms with E-state index in [1.807, 2.05) is 0 Å². The average molecular weight is 256 g/mol. The predicted molar refractivity (Wildman–Crippen MR) is 59.1 cm³/mol. The van der Waals surface area contributed by atoms with Gasteiger partial charge in [0.2, 0.25) is 0 Å². The molecule has 1 N–H and O–H groups in total. The van der Waals surface area contributed by atoms with Crippen LogP contribution in [0.3, 0.4) is 0 Å². The second-order valence-electron chi connectivity index (χ2n) is 3.38. The molecule has 0 aromatic heterocycles. The van der Waals surface area contributed by atoms with Gasteiger partial charge in [-0.3, -0.25) is 4.79 Å². The standard InChI is InChI=1S/C13H9FO2.K.H/c14-11-5-1-9(2-6-11)13(16)10-3-7-12(15)8-4-10;;/h1-8,15H;;/q;+1;-1. The van der Waals surface area contributed by atoms with Crippen molar-refractivity contribution in [2.24, 2.45) is 0 Å². The van der Waals surface area contributed by atoms with Gasteiger partial charge >= 0.3 is 51.4 Å². The van der Waals surface area contributed by atoms with Crippen molar-refractivity contribution in [1.29, 1.82) is 0 Å². The molecule has 0 saturated carbocycles. The van der Waals surface area contributed by atoms with Crippen LogP contribution in [0.1, 0.15) is 17.3 Å². The van der Waals surface area contributed by atoms with E-state index in [2.05, 4.69) is 0 Å². The van der Waals surface area contributed by atoms with Crippen LogP contribution in [-0.4, -0.2) is 10.9 Å². The number of carbonyl (C=O) groups excluding carboxylic acids is 1. The summed E-state index contributed by atoms with van der Waals surface area (Å²) < 4.78 is 12.7. The number of benzene rings is 2. The Hall–Kier alpha value is -0.524. The summed E-state index contributed by atoms with van der Waals surface area (Å²) >= 11 is 0. The van der Waals surface area contributed by atoms with E-state index in [0.717, 1.165) is 0 Å². The molecule has 0 unspecified atom stereocenters. The van der Waals surface area contributed by atoms with Crippen LogP contribution < -0.4 is 51.4 Å². The van der Waals surface area contributed by atoms with Gasteiger partial charge in [0.25, 0.3) is 0 Å². The quantitative estimate of drug-likeness (QED) is 0.601. The SMILES string of the molecule is O=C(c1ccc(O)cc1)c1ccc(F)cc1.[H-].[K+]. The van der Waals surface area contributed by atoms with Gasteiger partial charge in [-0.25, -0.2) is 4.39 Å². The molecule has 0 aliphatic carbocycles. The smallest absolute Gasteiger partial charge is 1.00 e. The van der Waals surface area contributed by atoms with Gasteiger partial charge in [0.1, 0.15) is 11.6 Å². The summed E-state index contributed by atoms with van der Waals surface area (Å²) in [5, 5.41) is 9.08. The van der Waals surface area contributed by atoms with Gasteiger partial charge in [0, 0.05) is 11.1 Å². The molecule has 0 spiro atoms. The monoisotopic (exact) mass is 256 g/mol. The number of ketones is 1. The van der Waals surface area contributed by atoms with Crippen molar-refractivity contribution >= 4 is 5.78 Å². The first-order chi connectivity index (χ1) is 7.66. The van der Waals surface area contributed by atoms with Gasteiger partial charge in [-0.05, 0) is 48.5 Å². The molecule has 2 nitrogen and oxygen atoms in total. The van der Waals surface area contributed by atoms with Crippen LogP contribution >= 0.6 is 0 Å². The van der Waals surface area contributed by atoms with E-state index in [1.165, 1.54) is 48.5 Å². The zero-order valence-corrected chi connectivity index (χ0v) is 12.5. The first-order valence-corrected chi connectivity index (χ1v) is 4.76. The maximum absolute atomic E-state index is 12.7. The van der Waals surface area contributed by atoms with Crippen molar-refractivity contribution in [2.75, 3.05) is 0 Å². The number of aromatic hydroxyl groups is 1. The summed E-state index contributed by atoms with van der Waals surface area (Å²) in [6, 6.07) is 11.3. The van der Waals surface area contributed by atoms with E-state index < -0.39 is 0 Å². The van der Waals surface area contributed by atoms with Gasteiger partial charge < -0.3 is 6.53 Å². The Morgan fingerprint density at radius 2 is 1.35 bits per heavy atom. The third-order valence-corrected chi connectivity index (χ3v) is 2.24. The number of hydrogen-bond acceptors (Lipinski definition) is 2.